The van der Waals surface area contributed by atoms with Crippen molar-refractivity contribution in [1.29, 1.82) is 0 Å². The number of morpholine rings is 1. The minimum Gasteiger partial charge on any atom is -0.497 e. The second kappa shape index (κ2) is 10.7. The first-order chi connectivity index (χ1) is 13.9. The van der Waals surface area contributed by atoms with Crippen LogP contribution in [0.3, 0.4) is 0 Å². The third-order valence-electron chi connectivity index (χ3n) is 4.54. The van der Waals surface area contributed by atoms with Gasteiger partial charge in [0.2, 0.25) is 0 Å². The molecule has 0 unspecified atom stereocenters. The normalized spacial score (nSPS) is 14.8. The number of methoxy groups -OCH3 is 1. The molecule has 0 aromatic heterocycles. The summed E-state index contributed by atoms with van der Waals surface area (Å²) in [4.78, 5) is 5.95. The van der Waals surface area contributed by atoms with Crippen LogP contribution < -0.4 is 20.7 Å². The first-order valence-corrected chi connectivity index (χ1v) is 9.10. The first-order valence-electron chi connectivity index (χ1n) is 9.10. The van der Waals surface area contributed by atoms with E-state index in [0.29, 0.717) is 43.4 Å². The topological polar surface area (TPSA) is 72.1 Å². The van der Waals surface area contributed by atoms with E-state index in [-0.39, 0.29) is 42.0 Å². The van der Waals surface area contributed by atoms with E-state index in [1.807, 2.05) is 4.90 Å². The minimum absolute atomic E-state index is 0. The van der Waals surface area contributed by atoms with Crippen LogP contribution in [-0.2, 0) is 17.5 Å². The number of alkyl halides is 3. The minimum atomic E-state index is -4.48. The summed E-state index contributed by atoms with van der Waals surface area (Å²) in [6, 6.07) is 11.3. The molecular weight excluding hydrogens is 512 g/mol. The largest absolute Gasteiger partial charge is 0.497 e. The highest BCUT2D eigenvalue weighted by atomic mass is 127. The van der Waals surface area contributed by atoms with Gasteiger partial charge in [0.05, 0.1) is 32.4 Å². The molecule has 1 aliphatic heterocycles. The van der Waals surface area contributed by atoms with E-state index in [9.17, 15) is 13.2 Å². The monoisotopic (exact) mass is 536 g/mol. The molecule has 2 aromatic carbocycles. The quantitative estimate of drug-likeness (QED) is 0.342. The Morgan fingerprint density at radius 2 is 1.93 bits per heavy atom. The maximum absolute atomic E-state index is 13.6. The summed E-state index contributed by atoms with van der Waals surface area (Å²) in [5.74, 6) is 0.643. The molecule has 1 heterocycles. The van der Waals surface area contributed by atoms with Gasteiger partial charge in [0.15, 0.2) is 5.96 Å². The van der Waals surface area contributed by atoms with Gasteiger partial charge in [-0.15, -0.1) is 24.0 Å². The summed E-state index contributed by atoms with van der Waals surface area (Å²) in [6.07, 6.45) is -4.48. The van der Waals surface area contributed by atoms with Gasteiger partial charge in [-0.3, -0.25) is 0 Å². The van der Waals surface area contributed by atoms with E-state index in [1.54, 1.807) is 30.3 Å². The van der Waals surface area contributed by atoms with Crippen LogP contribution in [0.15, 0.2) is 47.5 Å². The number of benzene rings is 2. The number of nitrogens with zero attached hydrogens (tertiary/aromatic N) is 2. The Morgan fingerprint density at radius 3 is 2.60 bits per heavy atom. The molecule has 1 aliphatic rings. The second-order valence-corrected chi connectivity index (χ2v) is 6.50. The number of ether oxygens (including phenoxy) is 2. The lowest BCUT2D eigenvalue weighted by Gasteiger charge is -2.29. The van der Waals surface area contributed by atoms with Crippen LogP contribution in [-0.4, -0.2) is 39.4 Å². The Morgan fingerprint density at radius 1 is 1.20 bits per heavy atom. The number of anilines is 2. The molecule has 164 valence electrons. The van der Waals surface area contributed by atoms with Gasteiger partial charge in [-0.2, -0.15) is 13.2 Å². The first kappa shape index (κ1) is 24.1. The van der Waals surface area contributed by atoms with Crippen LogP contribution >= 0.6 is 24.0 Å². The fourth-order valence-corrected chi connectivity index (χ4v) is 3.04. The molecule has 2 aromatic rings. The molecule has 0 atom stereocenters. The SMILES string of the molecule is COc1cccc(NC(N)=NCc2ccc(N3CCOCC3)cc2C(F)(F)F)c1.I. The van der Waals surface area contributed by atoms with E-state index in [1.165, 1.54) is 19.2 Å². The molecule has 1 fully saturated rings. The summed E-state index contributed by atoms with van der Waals surface area (Å²) in [6.45, 7) is 1.93. The van der Waals surface area contributed by atoms with Gasteiger partial charge in [-0.25, -0.2) is 4.99 Å². The van der Waals surface area contributed by atoms with Crippen molar-refractivity contribution in [1.82, 2.24) is 0 Å². The lowest BCUT2D eigenvalue weighted by atomic mass is 10.1. The number of nitrogens with two attached hydrogens (primary N) is 1. The lowest BCUT2D eigenvalue weighted by molar-refractivity contribution is -0.138. The van der Waals surface area contributed by atoms with E-state index in [2.05, 4.69) is 10.3 Å². The maximum atomic E-state index is 13.6. The summed E-state index contributed by atoms with van der Waals surface area (Å²) >= 11 is 0. The van der Waals surface area contributed by atoms with Crippen molar-refractivity contribution in [3.8, 4) is 5.75 Å². The van der Waals surface area contributed by atoms with Gasteiger partial charge in [-0.05, 0) is 29.8 Å². The van der Waals surface area contributed by atoms with E-state index < -0.39 is 11.7 Å². The molecule has 0 bridgehead atoms. The summed E-state index contributed by atoms with van der Waals surface area (Å²) < 4.78 is 51.2. The average Bonchev–Trinajstić information content (AvgIpc) is 2.72. The van der Waals surface area contributed by atoms with E-state index in [4.69, 9.17) is 15.2 Å². The smallest absolute Gasteiger partial charge is 0.416 e. The standard InChI is InChI=1S/C20H23F3N4O2.HI/c1-28-17-4-2-3-15(11-17)26-19(24)25-13-14-5-6-16(12-18(14)20(21,22)23)27-7-9-29-10-8-27;/h2-6,11-12H,7-10,13H2,1H3,(H3,24,25,26);1H. The molecular formula is C20H24F3IN4O2. The Labute approximate surface area is 190 Å². The predicted octanol–water partition coefficient (Wildman–Crippen LogP) is 4.10. The van der Waals surface area contributed by atoms with Crippen LogP contribution in [0.5, 0.6) is 5.75 Å². The molecule has 0 saturated carbocycles. The highest BCUT2D eigenvalue weighted by molar-refractivity contribution is 14.0. The Hall–Kier alpha value is -2.21. The number of hydrogen-bond donors (Lipinski definition) is 2. The number of guanidine groups is 1. The van der Waals surface area contributed by atoms with Gasteiger partial charge in [0, 0.05) is 30.5 Å². The number of rotatable bonds is 5. The summed E-state index contributed by atoms with van der Waals surface area (Å²) in [5.41, 5.74) is 6.35. The zero-order valence-corrected chi connectivity index (χ0v) is 18.7. The van der Waals surface area contributed by atoms with Crippen molar-refractivity contribution >= 4 is 41.3 Å². The second-order valence-electron chi connectivity index (χ2n) is 6.50. The van der Waals surface area contributed by atoms with E-state index in [0.717, 1.165) is 0 Å². The summed E-state index contributed by atoms with van der Waals surface area (Å²) in [7, 11) is 1.54. The zero-order valence-electron chi connectivity index (χ0n) is 16.4. The molecule has 30 heavy (non-hydrogen) atoms. The van der Waals surface area contributed by atoms with Crippen LogP contribution in [0.25, 0.3) is 0 Å². The van der Waals surface area contributed by atoms with Gasteiger partial charge >= 0.3 is 6.18 Å². The molecule has 0 amide bonds. The summed E-state index contributed by atoms with van der Waals surface area (Å²) in [5, 5.41) is 2.85. The van der Waals surface area contributed by atoms with Crippen molar-refractivity contribution in [2.75, 3.05) is 43.6 Å². The van der Waals surface area contributed by atoms with Crippen molar-refractivity contribution in [2.24, 2.45) is 10.7 Å². The van der Waals surface area contributed by atoms with Crippen molar-refractivity contribution in [3.63, 3.8) is 0 Å². The molecule has 1 saturated heterocycles. The third kappa shape index (κ3) is 6.39. The lowest BCUT2D eigenvalue weighted by Crippen LogP contribution is -2.36. The maximum Gasteiger partial charge on any atom is 0.416 e. The van der Waals surface area contributed by atoms with Crippen LogP contribution in [0.2, 0.25) is 0 Å². The highest BCUT2D eigenvalue weighted by Gasteiger charge is 2.34. The van der Waals surface area contributed by atoms with Crippen molar-refractivity contribution in [2.45, 2.75) is 12.7 Å². The van der Waals surface area contributed by atoms with Crippen LogP contribution in [0.1, 0.15) is 11.1 Å². The Bertz CT molecular complexity index is 871. The predicted molar refractivity (Wildman–Crippen MR) is 122 cm³/mol. The number of hydrogen-bond acceptors (Lipinski definition) is 4. The van der Waals surface area contributed by atoms with E-state index >= 15 is 0 Å². The molecule has 10 heteroatoms. The van der Waals surface area contributed by atoms with Gasteiger partial charge in [-0.1, -0.05) is 12.1 Å². The fourth-order valence-electron chi connectivity index (χ4n) is 3.04. The van der Waals surface area contributed by atoms with Gasteiger partial charge in [0.1, 0.15) is 5.75 Å². The molecule has 0 spiro atoms. The number of halogens is 4. The van der Waals surface area contributed by atoms with Gasteiger partial charge < -0.3 is 25.4 Å². The average molecular weight is 536 g/mol. The van der Waals surface area contributed by atoms with Crippen molar-refractivity contribution in [3.05, 3.63) is 53.6 Å². The van der Waals surface area contributed by atoms with Gasteiger partial charge in [0.25, 0.3) is 0 Å². The molecule has 0 radical (unpaired) electrons. The molecule has 6 nitrogen and oxygen atoms in total. The Balaban J connectivity index is 0.00000320. The van der Waals surface area contributed by atoms with Crippen LogP contribution in [0.4, 0.5) is 24.5 Å². The highest BCUT2D eigenvalue weighted by Crippen LogP contribution is 2.35. The van der Waals surface area contributed by atoms with Crippen LogP contribution in [0, 0.1) is 0 Å². The number of nitrogens with one attached hydrogen (secondary N) is 1. The Kier molecular flexibility index (Phi) is 8.59. The molecule has 3 N–H and O–H groups in total. The fraction of sp³-hybridized carbons (Fsp3) is 0.350. The molecule has 0 aliphatic carbocycles. The zero-order chi connectivity index (χ0) is 20.9. The number of aliphatic imine (C=N–C) groups is 1. The molecule has 3 rings (SSSR count). The third-order valence-corrected chi connectivity index (χ3v) is 4.54. The van der Waals surface area contributed by atoms with Crippen molar-refractivity contribution < 1.29 is 22.6 Å².